The summed E-state index contributed by atoms with van der Waals surface area (Å²) in [6.45, 7) is 8.55. The van der Waals surface area contributed by atoms with Crippen molar-refractivity contribution in [3.63, 3.8) is 0 Å². The molecule has 1 heterocycles. The summed E-state index contributed by atoms with van der Waals surface area (Å²) in [5, 5.41) is 4.76. The Morgan fingerprint density at radius 2 is 1.73 bits per heavy atom. The summed E-state index contributed by atoms with van der Waals surface area (Å²) in [5.41, 5.74) is 0. The van der Waals surface area contributed by atoms with Crippen LogP contribution in [0.25, 0.3) is 10.8 Å². The molecule has 0 spiro atoms. The van der Waals surface area contributed by atoms with Gasteiger partial charge in [-0.2, -0.15) is 0 Å². The van der Waals surface area contributed by atoms with Crippen molar-refractivity contribution in [2.45, 2.75) is 38.0 Å². The van der Waals surface area contributed by atoms with E-state index in [1.807, 2.05) is 24.3 Å². The second-order valence-electron chi connectivity index (χ2n) is 8.57. The maximum absolute atomic E-state index is 12.5. The number of hydrogen-bond acceptors (Lipinski definition) is 4. The lowest BCUT2D eigenvalue weighted by molar-refractivity contribution is -0.120. The molecule has 0 radical (unpaired) electrons. The quantitative estimate of drug-likeness (QED) is 0.599. The standard InChI is InChI=1S/C23H33N3O3S/c1-18-14-19(2)17-26(16-18)13-5-11-24-23(27)10-12-25-30(28,29)22-9-8-20-6-3-4-7-21(20)15-22/h3-4,6-9,15,18-19,25H,5,10-14,16-17H2,1-2H3,(H,24,27). The molecule has 30 heavy (non-hydrogen) atoms. The lowest BCUT2D eigenvalue weighted by Crippen LogP contribution is -2.40. The number of nitrogens with zero attached hydrogens (tertiary/aromatic N) is 1. The van der Waals surface area contributed by atoms with Gasteiger partial charge in [-0.15, -0.1) is 0 Å². The number of nitrogens with one attached hydrogen (secondary N) is 2. The van der Waals surface area contributed by atoms with Gasteiger partial charge in [0.05, 0.1) is 4.90 Å². The van der Waals surface area contributed by atoms with E-state index in [4.69, 9.17) is 0 Å². The molecule has 6 nitrogen and oxygen atoms in total. The van der Waals surface area contributed by atoms with Crippen LogP contribution in [0.1, 0.15) is 33.1 Å². The van der Waals surface area contributed by atoms with Gasteiger partial charge in [-0.05, 0) is 54.1 Å². The second kappa shape index (κ2) is 10.4. The van der Waals surface area contributed by atoms with Crippen molar-refractivity contribution in [3.8, 4) is 0 Å². The summed E-state index contributed by atoms with van der Waals surface area (Å²) in [7, 11) is -3.63. The van der Waals surface area contributed by atoms with Crippen molar-refractivity contribution >= 4 is 26.7 Å². The Hall–Kier alpha value is -1.96. The van der Waals surface area contributed by atoms with Crippen molar-refractivity contribution in [2.24, 2.45) is 11.8 Å². The van der Waals surface area contributed by atoms with Crippen LogP contribution in [-0.2, 0) is 14.8 Å². The average molecular weight is 432 g/mol. The van der Waals surface area contributed by atoms with Gasteiger partial charge in [-0.1, -0.05) is 44.2 Å². The number of piperidine rings is 1. The Bertz CT molecular complexity index is 951. The van der Waals surface area contributed by atoms with Crippen LogP contribution in [0, 0.1) is 11.8 Å². The zero-order valence-electron chi connectivity index (χ0n) is 17.9. The van der Waals surface area contributed by atoms with Crippen molar-refractivity contribution in [1.29, 1.82) is 0 Å². The number of hydrogen-bond donors (Lipinski definition) is 2. The third-order valence-electron chi connectivity index (χ3n) is 5.59. The van der Waals surface area contributed by atoms with Gasteiger partial charge in [0, 0.05) is 32.6 Å². The van der Waals surface area contributed by atoms with E-state index >= 15 is 0 Å². The molecular formula is C23H33N3O3S. The fourth-order valence-electron chi connectivity index (χ4n) is 4.31. The maximum atomic E-state index is 12.5. The normalized spacial score (nSPS) is 20.3. The Labute approximate surface area is 180 Å². The molecule has 1 aliphatic rings. The van der Waals surface area contributed by atoms with Crippen LogP contribution in [0.5, 0.6) is 0 Å². The predicted molar refractivity (Wildman–Crippen MR) is 121 cm³/mol. The molecule has 3 rings (SSSR count). The molecule has 2 aromatic rings. The molecule has 0 aromatic heterocycles. The Morgan fingerprint density at radius 3 is 2.47 bits per heavy atom. The van der Waals surface area contributed by atoms with E-state index in [0.717, 1.165) is 48.7 Å². The molecular weight excluding hydrogens is 398 g/mol. The molecule has 164 valence electrons. The minimum Gasteiger partial charge on any atom is -0.356 e. The van der Waals surface area contributed by atoms with Gasteiger partial charge in [0.25, 0.3) is 0 Å². The number of benzene rings is 2. The SMILES string of the molecule is CC1CC(C)CN(CCCNC(=O)CCNS(=O)(=O)c2ccc3ccccc3c2)C1. The average Bonchev–Trinajstić information content (AvgIpc) is 2.70. The summed E-state index contributed by atoms with van der Waals surface area (Å²) in [6, 6.07) is 12.7. The number of likely N-dealkylation sites (tertiary alicyclic amines) is 1. The summed E-state index contributed by atoms with van der Waals surface area (Å²) < 4.78 is 27.5. The van der Waals surface area contributed by atoms with Crippen molar-refractivity contribution in [3.05, 3.63) is 42.5 Å². The van der Waals surface area contributed by atoms with E-state index in [2.05, 4.69) is 28.8 Å². The second-order valence-corrected chi connectivity index (χ2v) is 10.3. The topological polar surface area (TPSA) is 78.5 Å². The van der Waals surface area contributed by atoms with Crippen molar-refractivity contribution < 1.29 is 13.2 Å². The Balaban J connectivity index is 1.37. The fraction of sp³-hybridized carbons (Fsp3) is 0.522. The Morgan fingerprint density at radius 1 is 1.03 bits per heavy atom. The highest BCUT2D eigenvalue weighted by Crippen LogP contribution is 2.21. The molecule has 2 unspecified atom stereocenters. The highest BCUT2D eigenvalue weighted by atomic mass is 32.2. The summed E-state index contributed by atoms with van der Waals surface area (Å²) in [6.07, 6.45) is 2.33. The van der Waals surface area contributed by atoms with Crippen molar-refractivity contribution in [1.82, 2.24) is 14.9 Å². The molecule has 1 fully saturated rings. The number of carbonyl (C=O) groups excluding carboxylic acids is 1. The van der Waals surface area contributed by atoms with E-state index in [9.17, 15) is 13.2 Å². The highest BCUT2D eigenvalue weighted by molar-refractivity contribution is 7.89. The lowest BCUT2D eigenvalue weighted by atomic mass is 9.92. The molecule has 0 aliphatic carbocycles. The minimum absolute atomic E-state index is 0.0855. The molecule has 2 atom stereocenters. The molecule has 7 heteroatoms. The van der Waals surface area contributed by atoms with E-state index in [1.54, 1.807) is 18.2 Å². The zero-order valence-corrected chi connectivity index (χ0v) is 18.7. The van der Waals surface area contributed by atoms with Crippen LogP contribution >= 0.6 is 0 Å². The van der Waals surface area contributed by atoms with Gasteiger partial charge in [-0.3, -0.25) is 4.79 Å². The number of amides is 1. The largest absolute Gasteiger partial charge is 0.356 e. The highest BCUT2D eigenvalue weighted by Gasteiger charge is 2.21. The third kappa shape index (κ3) is 6.52. The smallest absolute Gasteiger partial charge is 0.240 e. The molecule has 1 saturated heterocycles. The molecule has 0 bridgehead atoms. The van der Waals surface area contributed by atoms with Crippen LogP contribution in [0.15, 0.2) is 47.4 Å². The van der Waals surface area contributed by atoms with Gasteiger partial charge >= 0.3 is 0 Å². The molecule has 1 aliphatic heterocycles. The van der Waals surface area contributed by atoms with Crippen LogP contribution in [-0.4, -0.2) is 51.9 Å². The number of fused-ring (bicyclic) bond motifs is 1. The fourth-order valence-corrected chi connectivity index (χ4v) is 5.38. The molecule has 2 aromatic carbocycles. The number of sulfonamides is 1. The van der Waals surface area contributed by atoms with E-state index in [-0.39, 0.29) is 23.8 Å². The van der Waals surface area contributed by atoms with Gasteiger partial charge in [0.1, 0.15) is 0 Å². The minimum atomic E-state index is -3.63. The Kier molecular flexibility index (Phi) is 7.86. The van der Waals surface area contributed by atoms with Crippen LogP contribution in [0.4, 0.5) is 0 Å². The first-order chi connectivity index (χ1) is 14.3. The van der Waals surface area contributed by atoms with Crippen LogP contribution < -0.4 is 10.0 Å². The molecule has 1 amide bonds. The summed E-state index contributed by atoms with van der Waals surface area (Å²) in [4.78, 5) is 14.7. The molecule has 0 saturated carbocycles. The van der Waals surface area contributed by atoms with E-state index in [1.165, 1.54) is 6.42 Å². The van der Waals surface area contributed by atoms with Crippen LogP contribution in [0.3, 0.4) is 0 Å². The molecule has 2 N–H and O–H groups in total. The number of carbonyl (C=O) groups is 1. The van der Waals surface area contributed by atoms with E-state index < -0.39 is 10.0 Å². The number of rotatable bonds is 9. The maximum Gasteiger partial charge on any atom is 0.240 e. The first-order valence-corrected chi connectivity index (χ1v) is 12.3. The van der Waals surface area contributed by atoms with Gasteiger partial charge < -0.3 is 10.2 Å². The van der Waals surface area contributed by atoms with Gasteiger partial charge in [-0.25, -0.2) is 13.1 Å². The van der Waals surface area contributed by atoms with Gasteiger partial charge in [0.15, 0.2) is 0 Å². The zero-order chi connectivity index (χ0) is 21.6. The summed E-state index contributed by atoms with van der Waals surface area (Å²) >= 11 is 0. The first kappa shape index (κ1) is 22.7. The summed E-state index contributed by atoms with van der Waals surface area (Å²) in [5.74, 6) is 1.34. The predicted octanol–water partition coefficient (Wildman–Crippen LogP) is 2.99. The third-order valence-corrected chi connectivity index (χ3v) is 7.05. The monoisotopic (exact) mass is 431 g/mol. The lowest BCUT2D eigenvalue weighted by Gasteiger charge is -2.34. The first-order valence-electron chi connectivity index (χ1n) is 10.8. The van der Waals surface area contributed by atoms with Crippen molar-refractivity contribution in [2.75, 3.05) is 32.7 Å². The van der Waals surface area contributed by atoms with Gasteiger partial charge in [0.2, 0.25) is 15.9 Å². The van der Waals surface area contributed by atoms with Crippen LogP contribution in [0.2, 0.25) is 0 Å². The van der Waals surface area contributed by atoms with E-state index in [0.29, 0.717) is 6.54 Å².